The Morgan fingerprint density at radius 1 is 0.932 bits per heavy atom. The van der Waals surface area contributed by atoms with Crippen LogP contribution in [0.25, 0.3) is 21.6 Å². The summed E-state index contributed by atoms with van der Waals surface area (Å²) >= 11 is 7.87. The van der Waals surface area contributed by atoms with Crippen LogP contribution in [-0.4, -0.2) is 97.4 Å². The molecule has 3 aromatic carbocycles. The lowest BCUT2D eigenvalue weighted by Gasteiger charge is -2.63. The van der Waals surface area contributed by atoms with Gasteiger partial charge in [-0.2, -0.15) is 10.4 Å². The number of pyridine rings is 1. The third-order valence-electron chi connectivity index (χ3n) is 15.0. The molecule has 2 aliphatic heterocycles. The maximum atomic E-state index is 14.5. The molecule has 6 aromatic rings. The number of thiazole rings is 1. The number of carbonyl (C=O) groups excluding carboxylic acids is 3. The molecule has 5 heterocycles. The Labute approximate surface area is 435 Å². The van der Waals surface area contributed by atoms with E-state index in [0.717, 1.165) is 63.8 Å². The van der Waals surface area contributed by atoms with Crippen LogP contribution in [-0.2, 0) is 9.59 Å². The lowest BCUT2D eigenvalue weighted by atomic mass is 9.49. The molecule has 3 aromatic heterocycles. The summed E-state index contributed by atoms with van der Waals surface area (Å²) in [5, 5.41) is 35.1. The Morgan fingerprint density at radius 3 is 2.34 bits per heavy atom. The highest BCUT2D eigenvalue weighted by molar-refractivity contribution is 7.13. The smallest absolute Gasteiger partial charge is 0.251 e. The molecule has 17 heteroatoms. The number of aromatic nitrogens is 4. The van der Waals surface area contributed by atoms with E-state index in [0.29, 0.717) is 21.9 Å². The van der Waals surface area contributed by atoms with Crippen molar-refractivity contribution < 1.29 is 24.2 Å². The van der Waals surface area contributed by atoms with E-state index in [2.05, 4.69) is 59.6 Å². The normalized spacial score (nSPS) is 21.8. The standard InChI is InChI=1S/C56H63ClN10O5S/c1-32(2)48(52(71)66-30-43(68)24-46(66)51(70)62-33(3)35-9-11-36(12-10-35)49-34(4)60-31-73-49)67-28-40(27-61-67)38-19-21-59-47(23-38)65-22-20-42(29-65)63-41-16-13-37(14-17-41)50(69)64-53-55(5,6)54(56(53,7)8)72-44-18-15-39(26-58)45(57)25-44/h9-19,21,23,25,27-28,31-33,42-43,46,48,53-54,63,68H,20,22,24,29-30H2,1-8H3,(H,62,70)(H,64,69)/t33-,42+,43+,46-,48?,53?,54?/m0/s1. The quantitative estimate of drug-likeness (QED) is 0.0767. The average Bonchev–Trinajstić information content (AvgIpc) is 4.21. The number of benzene rings is 3. The largest absolute Gasteiger partial charge is 0.489 e. The maximum absolute atomic E-state index is 14.5. The van der Waals surface area contributed by atoms with Crippen molar-refractivity contribution in [2.45, 2.75) is 111 Å². The number of β-amino-alcohol motifs (C(OH)–C–C–N with tert-alkyl or cyclic N) is 1. The van der Waals surface area contributed by atoms with Gasteiger partial charge in [-0.3, -0.25) is 19.1 Å². The third kappa shape index (κ3) is 10.4. The van der Waals surface area contributed by atoms with Gasteiger partial charge in [0.25, 0.3) is 5.91 Å². The molecule has 15 nitrogen and oxygen atoms in total. The average molecular weight is 1020 g/mol. The number of amides is 3. The van der Waals surface area contributed by atoms with Gasteiger partial charge in [0.05, 0.1) is 45.0 Å². The second-order valence-corrected chi connectivity index (χ2v) is 22.5. The Balaban J connectivity index is 0.789. The first kappa shape index (κ1) is 51.1. The van der Waals surface area contributed by atoms with Gasteiger partial charge < -0.3 is 35.6 Å². The number of hydrogen-bond acceptors (Lipinski definition) is 12. The van der Waals surface area contributed by atoms with E-state index in [4.69, 9.17) is 26.4 Å². The molecule has 380 valence electrons. The number of aryl methyl sites for hydroxylation is 1. The molecule has 0 radical (unpaired) electrons. The van der Waals surface area contributed by atoms with Crippen molar-refractivity contribution in [3.05, 3.63) is 130 Å². The van der Waals surface area contributed by atoms with Crippen molar-refractivity contribution in [2.24, 2.45) is 16.7 Å². The van der Waals surface area contributed by atoms with Crippen LogP contribution in [0.2, 0.25) is 5.02 Å². The SMILES string of the molecule is Cc1ncsc1-c1ccc([C@H](C)NC(=O)[C@@H]2C[C@@H](O)CN2C(=O)C(C(C)C)n2cc(-c3ccnc(N4CC[C@@H](Nc5ccc(C(=O)NC6C(C)(C)C(Oc7ccc(C#N)c(Cl)c7)C6(C)C)cc5)C4)c3)cn2)cc1. The lowest BCUT2D eigenvalue weighted by Crippen LogP contribution is -2.74. The number of anilines is 2. The summed E-state index contributed by atoms with van der Waals surface area (Å²) < 4.78 is 8.08. The summed E-state index contributed by atoms with van der Waals surface area (Å²) in [6.45, 7) is 17.7. The molecule has 0 bridgehead atoms. The van der Waals surface area contributed by atoms with Gasteiger partial charge in [-0.15, -0.1) is 11.3 Å². The van der Waals surface area contributed by atoms with Gasteiger partial charge in [-0.05, 0) is 91.4 Å². The highest BCUT2D eigenvalue weighted by atomic mass is 35.5. The predicted molar refractivity (Wildman–Crippen MR) is 284 cm³/mol. The molecule has 1 saturated carbocycles. The number of halogens is 1. The Hall–Kier alpha value is -6.80. The van der Waals surface area contributed by atoms with Gasteiger partial charge in [-0.1, -0.05) is 77.4 Å². The fraction of sp³-hybridized carbons (Fsp3) is 0.411. The van der Waals surface area contributed by atoms with Crippen LogP contribution < -0.4 is 25.6 Å². The van der Waals surface area contributed by atoms with Crippen molar-refractivity contribution in [1.29, 1.82) is 5.26 Å². The van der Waals surface area contributed by atoms with Crippen molar-refractivity contribution in [3.8, 4) is 33.4 Å². The zero-order chi connectivity index (χ0) is 51.9. The van der Waals surface area contributed by atoms with E-state index in [1.54, 1.807) is 46.6 Å². The number of nitrogens with zero attached hydrogens (tertiary/aromatic N) is 7. The first-order chi connectivity index (χ1) is 34.8. The summed E-state index contributed by atoms with van der Waals surface area (Å²) in [6.07, 6.45) is 5.41. The summed E-state index contributed by atoms with van der Waals surface area (Å²) in [5.74, 6) is 0.519. The van der Waals surface area contributed by atoms with E-state index in [1.165, 1.54) is 4.90 Å². The summed E-state index contributed by atoms with van der Waals surface area (Å²) in [5.41, 5.74) is 7.64. The van der Waals surface area contributed by atoms with Crippen molar-refractivity contribution in [1.82, 2.24) is 35.3 Å². The van der Waals surface area contributed by atoms with Gasteiger partial charge in [0.2, 0.25) is 11.8 Å². The van der Waals surface area contributed by atoms with Gasteiger partial charge >= 0.3 is 0 Å². The van der Waals surface area contributed by atoms with E-state index in [-0.39, 0.29) is 71.7 Å². The molecule has 0 spiro atoms. The Kier molecular flexibility index (Phi) is 14.4. The van der Waals surface area contributed by atoms with Crippen LogP contribution in [0.1, 0.15) is 101 Å². The second-order valence-electron chi connectivity index (χ2n) is 21.3. The maximum Gasteiger partial charge on any atom is 0.251 e. The molecular formula is C56H63ClN10O5S. The fourth-order valence-electron chi connectivity index (χ4n) is 11.3. The Morgan fingerprint density at radius 2 is 1.67 bits per heavy atom. The minimum Gasteiger partial charge on any atom is -0.489 e. The van der Waals surface area contributed by atoms with E-state index >= 15 is 0 Å². The predicted octanol–water partition coefficient (Wildman–Crippen LogP) is 9.24. The molecule has 3 aliphatic rings. The molecule has 73 heavy (non-hydrogen) atoms. The molecule has 3 fully saturated rings. The zero-order valence-electron chi connectivity index (χ0n) is 42.5. The Bertz CT molecular complexity index is 3020. The number of carbonyl (C=O) groups is 3. The van der Waals surface area contributed by atoms with Crippen LogP contribution in [0.4, 0.5) is 11.5 Å². The summed E-state index contributed by atoms with van der Waals surface area (Å²) in [6, 6.07) is 24.9. The molecule has 1 aliphatic carbocycles. The van der Waals surface area contributed by atoms with Gasteiger partial charge in [0.15, 0.2) is 0 Å². The lowest BCUT2D eigenvalue weighted by molar-refractivity contribution is -0.164. The van der Waals surface area contributed by atoms with Gasteiger partial charge in [-0.25, -0.2) is 9.97 Å². The van der Waals surface area contributed by atoms with Crippen molar-refractivity contribution in [2.75, 3.05) is 29.9 Å². The number of nitrogens with one attached hydrogen (secondary N) is 3. The molecule has 9 rings (SSSR count). The molecule has 5 atom stereocenters. The zero-order valence-corrected chi connectivity index (χ0v) is 44.0. The number of ether oxygens (including phenoxy) is 1. The van der Waals surface area contributed by atoms with Crippen LogP contribution in [0, 0.1) is 35.0 Å². The van der Waals surface area contributed by atoms with Crippen LogP contribution in [0.15, 0.2) is 103 Å². The number of rotatable bonds is 15. The first-order valence-corrected chi connectivity index (χ1v) is 26.2. The van der Waals surface area contributed by atoms with E-state index in [9.17, 15) is 24.8 Å². The highest BCUT2D eigenvalue weighted by Crippen LogP contribution is 2.55. The molecule has 1 unspecified atom stereocenters. The topological polar surface area (TPSA) is 191 Å². The first-order valence-electron chi connectivity index (χ1n) is 24.9. The van der Waals surface area contributed by atoms with E-state index in [1.807, 2.05) is 100 Å². The minimum absolute atomic E-state index is 0.0589. The molecular weight excluding hydrogens is 960 g/mol. The number of nitriles is 1. The number of aliphatic hydroxyl groups excluding tert-OH is 1. The van der Waals surface area contributed by atoms with Gasteiger partial charge in [0.1, 0.15) is 35.8 Å². The fourth-order valence-corrected chi connectivity index (χ4v) is 12.4. The highest BCUT2D eigenvalue weighted by Gasteiger charge is 2.64. The second kappa shape index (κ2) is 20.6. The number of hydrogen-bond donors (Lipinski definition) is 4. The number of likely N-dealkylation sites (tertiary alicyclic amines) is 1. The monoisotopic (exact) mass is 1020 g/mol. The molecule has 2 saturated heterocycles. The molecule has 4 N–H and O–H groups in total. The molecule has 3 amide bonds. The summed E-state index contributed by atoms with van der Waals surface area (Å²) in [4.78, 5) is 55.9. The minimum atomic E-state index is -0.828. The van der Waals surface area contributed by atoms with Crippen LogP contribution in [0.5, 0.6) is 5.75 Å². The van der Waals surface area contributed by atoms with Crippen molar-refractivity contribution in [3.63, 3.8) is 0 Å². The van der Waals surface area contributed by atoms with Gasteiger partial charge in [0, 0.05) is 84.2 Å². The van der Waals surface area contributed by atoms with Crippen LogP contribution >= 0.6 is 22.9 Å². The van der Waals surface area contributed by atoms with Crippen molar-refractivity contribution >= 4 is 52.2 Å². The van der Waals surface area contributed by atoms with Crippen LogP contribution in [0.3, 0.4) is 0 Å². The number of aliphatic hydroxyl groups is 1. The summed E-state index contributed by atoms with van der Waals surface area (Å²) in [7, 11) is 0. The third-order valence-corrected chi connectivity index (χ3v) is 16.2. The van der Waals surface area contributed by atoms with E-state index < -0.39 is 18.2 Å².